The van der Waals surface area contributed by atoms with Gasteiger partial charge in [0.2, 0.25) is 0 Å². The molecule has 0 bridgehead atoms. The molecule has 51 heavy (non-hydrogen) atoms. The van der Waals surface area contributed by atoms with Gasteiger partial charge in [-0.15, -0.1) is 0 Å². The first-order valence-electron chi connectivity index (χ1n) is 17.2. The Balaban J connectivity index is 1.15. The highest BCUT2D eigenvalue weighted by Crippen LogP contribution is 2.38. The molecule has 8 aromatic carbocycles. The lowest BCUT2D eigenvalue weighted by Gasteiger charge is -2.13. The fourth-order valence-corrected chi connectivity index (χ4v) is 7.46. The molecule has 2 heterocycles. The molecule has 0 saturated heterocycles. The maximum absolute atomic E-state index is 5.16. The molecule has 0 atom stereocenters. The summed E-state index contributed by atoms with van der Waals surface area (Å²) in [6.45, 7) is 0. The van der Waals surface area contributed by atoms with Gasteiger partial charge in [-0.3, -0.25) is 0 Å². The number of para-hydroxylation sites is 1. The van der Waals surface area contributed by atoms with Gasteiger partial charge in [-0.05, 0) is 63.7 Å². The van der Waals surface area contributed by atoms with Gasteiger partial charge in [0.15, 0.2) is 17.5 Å². The van der Waals surface area contributed by atoms with E-state index in [1.165, 1.54) is 43.7 Å². The Morgan fingerprint density at radius 2 is 0.843 bits per heavy atom. The van der Waals surface area contributed by atoms with Crippen molar-refractivity contribution in [3.8, 4) is 51.0 Å². The summed E-state index contributed by atoms with van der Waals surface area (Å²) in [6.07, 6.45) is 0. The topological polar surface area (TPSA) is 43.6 Å². The van der Waals surface area contributed by atoms with Crippen LogP contribution in [0.1, 0.15) is 0 Å². The van der Waals surface area contributed by atoms with Crippen LogP contribution in [0, 0.1) is 0 Å². The van der Waals surface area contributed by atoms with Crippen molar-refractivity contribution >= 4 is 43.4 Å². The van der Waals surface area contributed by atoms with E-state index in [9.17, 15) is 0 Å². The Labute approximate surface area is 295 Å². The lowest BCUT2D eigenvalue weighted by atomic mass is 9.95. The number of nitrogens with zero attached hydrogens (tertiary/aromatic N) is 4. The van der Waals surface area contributed by atoms with Crippen molar-refractivity contribution in [2.24, 2.45) is 0 Å². The molecule has 0 spiro atoms. The van der Waals surface area contributed by atoms with Crippen LogP contribution < -0.4 is 0 Å². The third kappa shape index (κ3) is 4.88. The molecule has 0 radical (unpaired) electrons. The summed E-state index contributed by atoms with van der Waals surface area (Å²) in [5.41, 5.74) is 8.68. The van der Waals surface area contributed by atoms with Gasteiger partial charge >= 0.3 is 0 Å². The van der Waals surface area contributed by atoms with E-state index in [2.05, 4.69) is 168 Å². The molecule has 0 saturated carbocycles. The summed E-state index contributed by atoms with van der Waals surface area (Å²) in [5.74, 6) is 1.92. The van der Waals surface area contributed by atoms with Crippen molar-refractivity contribution in [3.05, 3.63) is 182 Å². The number of benzene rings is 8. The highest BCUT2D eigenvalue weighted by molar-refractivity contribution is 6.18. The second kappa shape index (κ2) is 11.9. The fourth-order valence-electron chi connectivity index (χ4n) is 7.46. The van der Waals surface area contributed by atoms with Crippen LogP contribution in [0.15, 0.2) is 182 Å². The Morgan fingerprint density at radius 1 is 0.314 bits per heavy atom. The van der Waals surface area contributed by atoms with Gasteiger partial charge in [-0.2, -0.15) is 0 Å². The van der Waals surface area contributed by atoms with Gasteiger partial charge in [0, 0.05) is 38.5 Å². The first-order valence-corrected chi connectivity index (χ1v) is 17.2. The molecule has 238 valence electrons. The lowest BCUT2D eigenvalue weighted by molar-refractivity contribution is 1.07. The van der Waals surface area contributed by atoms with Crippen LogP contribution in [0.3, 0.4) is 0 Å². The minimum absolute atomic E-state index is 0.634. The number of aromatic nitrogens is 4. The van der Waals surface area contributed by atoms with E-state index in [0.717, 1.165) is 33.2 Å². The average Bonchev–Trinajstić information content (AvgIpc) is 3.56. The van der Waals surface area contributed by atoms with Crippen LogP contribution in [0.25, 0.3) is 94.3 Å². The molecule has 10 aromatic rings. The fraction of sp³-hybridized carbons (Fsp3) is 0. The maximum atomic E-state index is 5.16. The summed E-state index contributed by atoms with van der Waals surface area (Å²) in [4.78, 5) is 15.3. The maximum Gasteiger partial charge on any atom is 0.164 e. The molecule has 0 aliphatic carbocycles. The highest BCUT2D eigenvalue weighted by Gasteiger charge is 2.18. The van der Waals surface area contributed by atoms with Crippen LogP contribution >= 0.6 is 0 Å². The van der Waals surface area contributed by atoms with E-state index in [4.69, 9.17) is 15.0 Å². The predicted molar refractivity (Wildman–Crippen MR) is 211 cm³/mol. The van der Waals surface area contributed by atoms with Crippen LogP contribution in [0.2, 0.25) is 0 Å². The monoisotopic (exact) mass is 650 g/mol. The highest BCUT2D eigenvalue weighted by atomic mass is 15.0. The molecule has 0 amide bonds. The molecule has 4 heteroatoms. The van der Waals surface area contributed by atoms with Gasteiger partial charge in [0.05, 0.1) is 11.0 Å². The van der Waals surface area contributed by atoms with Gasteiger partial charge in [0.1, 0.15) is 0 Å². The van der Waals surface area contributed by atoms with Crippen LogP contribution in [-0.4, -0.2) is 19.5 Å². The van der Waals surface area contributed by atoms with Crippen molar-refractivity contribution in [2.45, 2.75) is 0 Å². The number of fused-ring (bicyclic) bond motifs is 6. The summed E-state index contributed by atoms with van der Waals surface area (Å²) in [5, 5.41) is 7.20. The zero-order chi connectivity index (χ0) is 33.7. The molecule has 0 N–H and O–H groups in total. The largest absolute Gasteiger partial charge is 0.309 e. The Kier molecular flexibility index (Phi) is 6.78. The lowest BCUT2D eigenvalue weighted by Crippen LogP contribution is -2.01. The molecule has 0 aliphatic heterocycles. The third-order valence-electron chi connectivity index (χ3n) is 9.86. The summed E-state index contributed by atoms with van der Waals surface area (Å²) < 4.78 is 2.38. The first kappa shape index (κ1) is 29.0. The molecule has 0 unspecified atom stereocenters. The Morgan fingerprint density at radius 3 is 1.57 bits per heavy atom. The third-order valence-corrected chi connectivity index (χ3v) is 9.86. The van der Waals surface area contributed by atoms with Gasteiger partial charge in [0.25, 0.3) is 0 Å². The summed E-state index contributed by atoms with van der Waals surface area (Å²) in [7, 11) is 0. The van der Waals surface area contributed by atoms with Crippen LogP contribution in [0.5, 0.6) is 0 Å². The number of hydrogen-bond acceptors (Lipinski definition) is 3. The minimum atomic E-state index is 0.634. The summed E-state index contributed by atoms with van der Waals surface area (Å²) >= 11 is 0. The zero-order valence-corrected chi connectivity index (χ0v) is 27.6. The smallest absolute Gasteiger partial charge is 0.164 e. The predicted octanol–water partition coefficient (Wildman–Crippen LogP) is 11.9. The van der Waals surface area contributed by atoms with E-state index in [-0.39, 0.29) is 0 Å². The normalized spacial score (nSPS) is 11.5. The van der Waals surface area contributed by atoms with Crippen LogP contribution in [-0.2, 0) is 0 Å². The first-order chi connectivity index (χ1) is 25.3. The standard InChI is InChI=1S/C47H30N4/c1-3-13-31(14-4-1)36-29-30-42(39-20-10-9-19-38(36)39)47-49-45(33-16-5-2-6-17-33)48-46(50-47)34-23-26-35(27-24-34)51-43-22-12-11-21-40(43)41-28-25-32-15-7-8-18-37(32)44(41)51/h1-30H. The molecule has 10 rings (SSSR count). The molecule has 0 fully saturated rings. The molecule has 4 nitrogen and oxygen atoms in total. The van der Waals surface area contributed by atoms with E-state index in [0.29, 0.717) is 17.5 Å². The second-order valence-corrected chi connectivity index (χ2v) is 12.8. The molecular formula is C47H30N4. The molecule has 2 aromatic heterocycles. The van der Waals surface area contributed by atoms with Crippen molar-refractivity contribution in [1.82, 2.24) is 19.5 Å². The molecular weight excluding hydrogens is 621 g/mol. The van der Waals surface area contributed by atoms with Gasteiger partial charge < -0.3 is 4.57 Å². The van der Waals surface area contributed by atoms with Crippen molar-refractivity contribution < 1.29 is 0 Å². The minimum Gasteiger partial charge on any atom is -0.309 e. The average molecular weight is 651 g/mol. The second-order valence-electron chi connectivity index (χ2n) is 12.8. The van der Waals surface area contributed by atoms with Gasteiger partial charge in [-0.25, -0.2) is 15.0 Å². The SMILES string of the molecule is c1ccc(-c2nc(-c3ccc(-n4c5ccccc5c5ccc6ccccc6c54)cc3)nc(-c3ccc(-c4ccccc4)c4ccccc34)n2)cc1. The van der Waals surface area contributed by atoms with E-state index in [1.807, 2.05) is 18.2 Å². The molecule has 0 aliphatic rings. The number of rotatable bonds is 5. The van der Waals surface area contributed by atoms with Crippen molar-refractivity contribution in [2.75, 3.05) is 0 Å². The van der Waals surface area contributed by atoms with Crippen molar-refractivity contribution in [3.63, 3.8) is 0 Å². The van der Waals surface area contributed by atoms with E-state index < -0.39 is 0 Å². The Hall–Kier alpha value is -6.91. The van der Waals surface area contributed by atoms with Crippen LogP contribution in [0.4, 0.5) is 0 Å². The summed E-state index contributed by atoms with van der Waals surface area (Å²) in [6, 6.07) is 63.9. The quantitative estimate of drug-likeness (QED) is 0.186. The Bertz CT molecular complexity index is 2890. The van der Waals surface area contributed by atoms with Crippen molar-refractivity contribution in [1.29, 1.82) is 0 Å². The number of hydrogen-bond donors (Lipinski definition) is 0. The van der Waals surface area contributed by atoms with E-state index >= 15 is 0 Å². The van der Waals surface area contributed by atoms with Gasteiger partial charge in [-0.1, -0.05) is 146 Å². The van der Waals surface area contributed by atoms with E-state index in [1.54, 1.807) is 0 Å². The zero-order valence-electron chi connectivity index (χ0n) is 27.6.